The summed E-state index contributed by atoms with van der Waals surface area (Å²) < 4.78 is 7.19. The van der Waals surface area contributed by atoms with Crippen molar-refractivity contribution in [1.29, 1.82) is 5.26 Å². The number of rotatable bonds is 5. The lowest BCUT2D eigenvalue weighted by atomic mass is 10.0. The van der Waals surface area contributed by atoms with Gasteiger partial charge in [-0.2, -0.15) is 10.4 Å². The predicted molar refractivity (Wildman–Crippen MR) is 106 cm³/mol. The topological polar surface area (TPSA) is 83.2 Å². The third-order valence-electron chi connectivity index (χ3n) is 4.88. The maximum Gasteiger partial charge on any atom is 0.256 e. The molecule has 0 unspecified atom stereocenters. The van der Waals surface area contributed by atoms with Crippen LogP contribution in [0, 0.1) is 11.3 Å². The Balaban J connectivity index is 1.46. The van der Waals surface area contributed by atoms with Crippen LogP contribution in [0.2, 0.25) is 0 Å². The van der Waals surface area contributed by atoms with E-state index in [-0.39, 0.29) is 5.91 Å². The first kappa shape index (κ1) is 18.2. The van der Waals surface area contributed by atoms with Crippen LogP contribution in [0.5, 0.6) is 0 Å². The molecule has 1 aromatic heterocycles. The molecule has 1 fully saturated rings. The molecule has 1 aliphatic rings. The highest BCUT2D eigenvalue weighted by atomic mass is 16.5. The van der Waals surface area contributed by atoms with E-state index in [2.05, 4.69) is 21.4 Å². The Labute approximate surface area is 163 Å². The highest BCUT2D eigenvalue weighted by molar-refractivity contribution is 6.13. The summed E-state index contributed by atoms with van der Waals surface area (Å²) in [5, 5.41) is 18.2. The van der Waals surface area contributed by atoms with Crippen LogP contribution in [0.15, 0.2) is 48.8 Å². The molecular formula is C21H21N5O2. The van der Waals surface area contributed by atoms with Crippen molar-refractivity contribution in [3.05, 3.63) is 59.9 Å². The first-order valence-corrected chi connectivity index (χ1v) is 9.30. The number of carbonyl (C=O) groups excluding carboxylic acids is 1. The number of anilines is 1. The molecule has 1 aliphatic heterocycles. The molecule has 0 spiro atoms. The van der Waals surface area contributed by atoms with Crippen molar-refractivity contribution >= 4 is 22.4 Å². The van der Waals surface area contributed by atoms with Gasteiger partial charge in [-0.25, -0.2) is 0 Å². The molecular weight excluding hydrogens is 354 g/mol. The number of carbonyl (C=O) groups is 1. The second-order valence-electron chi connectivity index (χ2n) is 6.76. The summed E-state index contributed by atoms with van der Waals surface area (Å²) in [6.45, 7) is 5.07. The lowest BCUT2D eigenvalue weighted by Gasteiger charge is -2.26. The smallest absolute Gasteiger partial charge is 0.256 e. The van der Waals surface area contributed by atoms with Crippen molar-refractivity contribution in [1.82, 2.24) is 14.7 Å². The van der Waals surface area contributed by atoms with Crippen molar-refractivity contribution in [2.75, 3.05) is 38.2 Å². The van der Waals surface area contributed by atoms with Crippen molar-refractivity contribution in [2.45, 2.75) is 6.54 Å². The van der Waals surface area contributed by atoms with Crippen molar-refractivity contribution in [2.24, 2.45) is 0 Å². The molecule has 7 heteroatoms. The minimum absolute atomic E-state index is 0.249. The van der Waals surface area contributed by atoms with E-state index in [0.29, 0.717) is 16.8 Å². The molecule has 142 valence electrons. The molecule has 2 aromatic carbocycles. The SMILES string of the molecule is N#Cc1cc(C(=O)Nc2cnn(CCN3CCOCC3)c2)c2ccccc2c1. The second kappa shape index (κ2) is 8.21. The fourth-order valence-corrected chi connectivity index (χ4v) is 3.38. The van der Waals surface area contributed by atoms with Crippen molar-refractivity contribution in [3.63, 3.8) is 0 Å². The van der Waals surface area contributed by atoms with Crippen LogP contribution in [0.1, 0.15) is 15.9 Å². The molecule has 1 N–H and O–H groups in total. The molecule has 3 aromatic rings. The Hall–Kier alpha value is -3.21. The van der Waals surface area contributed by atoms with E-state index >= 15 is 0 Å². The summed E-state index contributed by atoms with van der Waals surface area (Å²) in [5.41, 5.74) is 1.58. The quantitative estimate of drug-likeness (QED) is 0.741. The van der Waals surface area contributed by atoms with Gasteiger partial charge in [0.25, 0.3) is 5.91 Å². The van der Waals surface area contributed by atoms with Crippen LogP contribution in [0.4, 0.5) is 5.69 Å². The summed E-state index contributed by atoms with van der Waals surface area (Å²) in [4.78, 5) is 15.2. The molecule has 2 heterocycles. The van der Waals surface area contributed by atoms with Crippen LogP contribution in [0.3, 0.4) is 0 Å². The molecule has 0 aliphatic carbocycles. The Morgan fingerprint density at radius 2 is 2.04 bits per heavy atom. The lowest BCUT2D eigenvalue weighted by molar-refractivity contribution is 0.0360. The number of benzene rings is 2. The van der Waals surface area contributed by atoms with Crippen LogP contribution < -0.4 is 5.32 Å². The van der Waals surface area contributed by atoms with Gasteiger partial charge in [0, 0.05) is 31.4 Å². The van der Waals surface area contributed by atoms with Gasteiger partial charge in [-0.3, -0.25) is 14.4 Å². The van der Waals surface area contributed by atoms with Gasteiger partial charge in [0.1, 0.15) is 0 Å². The zero-order valence-electron chi connectivity index (χ0n) is 15.5. The number of amides is 1. The van der Waals surface area contributed by atoms with Gasteiger partial charge in [0.05, 0.1) is 43.3 Å². The normalized spacial score (nSPS) is 14.7. The van der Waals surface area contributed by atoms with Gasteiger partial charge in [0.15, 0.2) is 0 Å². The summed E-state index contributed by atoms with van der Waals surface area (Å²) in [6.07, 6.45) is 3.47. The Morgan fingerprint density at radius 3 is 2.86 bits per heavy atom. The van der Waals surface area contributed by atoms with E-state index in [4.69, 9.17) is 4.74 Å². The van der Waals surface area contributed by atoms with Gasteiger partial charge in [0.2, 0.25) is 0 Å². The number of nitriles is 1. The van der Waals surface area contributed by atoms with Gasteiger partial charge >= 0.3 is 0 Å². The van der Waals surface area contributed by atoms with Gasteiger partial charge in [-0.1, -0.05) is 24.3 Å². The molecule has 0 atom stereocenters. The summed E-state index contributed by atoms with van der Waals surface area (Å²) >= 11 is 0. The number of nitrogens with one attached hydrogen (secondary N) is 1. The average molecular weight is 375 g/mol. The molecule has 7 nitrogen and oxygen atoms in total. The molecule has 0 radical (unpaired) electrons. The van der Waals surface area contributed by atoms with Crippen LogP contribution in [-0.4, -0.2) is 53.4 Å². The molecule has 0 saturated carbocycles. The average Bonchev–Trinajstić information content (AvgIpc) is 3.19. The maximum absolute atomic E-state index is 12.8. The Kier molecular flexibility index (Phi) is 5.33. The van der Waals surface area contributed by atoms with E-state index in [0.717, 1.165) is 50.2 Å². The minimum atomic E-state index is -0.249. The van der Waals surface area contributed by atoms with Crippen LogP contribution in [0.25, 0.3) is 10.8 Å². The van der Waals surface area contributed by atoms with Crippen molar-refractivity contribution in [3.8, 4) is 6.07 Å². The first-order chi connectivity index (χ1) is 13.7. The van der Waals surface area contributed by atoms with Gasteiger partial charge in [-0.05, 0) is 22.9 Å². The van der Waals surface area contributed by atoms with E-state index in [1.165, 1.54) is 0 Å². The summed E-state index contributed by atoms with van der Waals surface area (Å²) in [5.74, 6) is -0.249. The Bertz CT molecular complexity index is 1030. The number of fused-ring (bicyclic) bond motifs is 1. The standard InChI is InChI=1S/C21H21N5O2/c22-13-16-11-17-3-1-2-4-19(17)20(12-16)21(27)24-18-14-23-26(15-18)6-5-25-7-9-28-10-8-25/h1-4,11-12,14-15H,5-10H2,(H,24,27). The fourth-order valence-electron chi connectivity index (χ4n) is 3.38. The number of ether oxygens (including phenoxy) is 1. The molecule has 28 heavy (non-hydrogen) atoms. The third kappa shape index (κ3) is 4.03. The van der Waals surface area contributed by atoms with Crippen LogP contribution >= 0.6 is 0 Å². The highest BCUT2D eigenvalue weighted by Gasteiger charge is 2.14. The summed E-state index contributed by atoms with van der Waals surface area (Å²) in [7, 11) is 0. The maximum atomic E-state index is 12.8. The monoisotopic (exact) mass is 375 g/mol. The fraction of sp³-hybridized carbons (Fsp3) is 0.286. The Morgan fingerprint density at radius 1 is 1.21 bits per heavy atom. The second-order valence-corrected chi connectivity index (χ2v) is 6.76. The zero-order valence-corrected chi connectivity index (χ0v) is 15.5. The largest absolute Gasteiger partial charge is 0.379 e. The third-order valence-corrected chi connectivity index (χ3v) is 4.88. The van der Waals surface area contributed by atoms with E-state index in [9.17, 15) is 10.1 Å². The van der Waals surface area contributed by atoms with Crippen molar-refractivity contribution < 1.29 is 9.53 Å². The number of aromatic nitrogens is 2. The lowest BCUT2D eigenvalue weighted by Crippen LogP contribution is -2.38. The predicted octanol–water partition coefficient (Wildman–Crippen LogP) is 2.49. The molecule has 1 amide bonds. The molecule has 4 rings (SSSR count). The first-order valence-electron chi connectivity index (χ1n) is 9.30. The van der Waals surface area contributed by atoms with E-state index in [1.807, 2.05) is 35.1 Å². The number of hydrogen-bond donors (Lipinski definition) is 1. The number of nitrogens with zero attached hydrogens (tertiary/aromatic N) is 4. The molecule has 1 saturated heterocycles. The zero-order chi connectivity index (χ0) is 19.3. The van der Waals surface area contributed by atoms with Crippen LogP contribution in [-0.2, 0) is 11.3 Å². The number of hydrogen-bond acceptors (Lipinski definition) is 5. The van der Waals surface area contributed by atoms with E-state index in [1.54, 1.807) is 18.3 Å². The van der Waals surface area contributed by atoms with Gasteiger partial charge in [-0.15, -0.1) is 0 Å². The van der Waals surface area contributed by atoms with E-state index < -0.39 is 0 Å². The minimum Gasteiger partial charge on any atom is -0.379 e. The summed E-state index contributed by atoms with van der Waals surface area (Å²) in [6, 6.07) is 13.1. The van der Waals surface area contributed by atoms with Gasteiger partial charge < -0.3 is 10.1 Å². The highest BCUT2D eigenvalue weighted by Crippen LogP contribution is 2.22. The number of morpholine rings is 1. The molecule has 0 bridgehead atoms.